The zero-order chi connectivity index (χ0) is 22.9. The van der Waals surface area contributed by atoms with E-state index in [0.717, 1.165) is 5.69 Å². The second-order valence-electron chi connectivity index (χ2n) is 9.46. The van der Waals surface area contributed by atoms with Crippen molar-refractivity contribution in [3.8, 4) is 0 Å². The van der Waals surface area contributed by atoms with Gasteiger partial charge in [-0.3, -0.25) is 4.79 Å². The first-order valence-corrected chi connectivity index (χ1v) is 14.0. The third-order valence-electron chi connectivity index (χ3n) is 6.07. The maximum absolute atomic E-state index is 12.6. The number of carbonyl (C=O) groups is 1. The Morgan fingerprint density at radius 2 is 1.55 bits per heavy atom. The predicted octanol–water partition coefficient (Wildman–Crippen LogP) is 2.14. The number of carbonyl (C=O) groups excluding carboxylic acids is 1. The maximum atomic E-state index is 12.6. The van der Waals surface area contributed by atoms with Crippen molar-refractivity contribution in [3.63, 3.8) is 0 Å². The van der Waals surface area contributed by atoms with Crippen LogP contribution in [0.15, 0.2) is 24.3 Å². The van der Waals surface area contributed by atoms with Crippen molar-refractivity contribution in [2.45, 2.75) is 57.2 Å². The van der Waals surface area contributed by atoms with Gasteiger partial charge in [-0.05, 0) is 70.7 Å². The van der Waals surface area contributed by atoms with E-state index in [1.54, 1.807) is 20.8 Å². The molecule has 1 heterocycles. The molecule has 1 saturated carbocycles. The van der Waals surface area contributed by atoms with Gasteiger partial charge in [0, 0.05) is 36.4 Å². The van der Waals surface area contributed by atoms with E-state index in [4.69, 9.17) is 0 Å². The van der Waals surface area contributed by atoms with Gasteiger partial charge >= 0.3 is 0 Å². The highest BCUT2D eigenvalue weighted by Crippen LogP contribution is 2.28. The van der Waals surface area contributed by atoms with Crippen molar-refractivity contribution in [2.75, 3.05) is 34.8 Å². The molecular formula is C21H33N3O5S2. The molecule has 0 bridgehead atoms. The summed E-state index contributed by atoms with van der Waals surface area (Å²) in [5, 5.41) is 2.95. The van der Waals surface area contributed by atoms with Crippen LogP contribution in [0.3, 0.4) is 0 Å². The number of hydrogen-bond acceptors (Lipinski definition) is 6. The van der Waals surface area contributed by atoms with E-state index < -0.39 is 24.6 Å². The van der Waals surface area contributed by atoms with Gasteiger partial charge in [-0.25, -0.2) is 21.6 Å². The van der Waals surface area contributed by atoms with Crippen LogP contribution in [-0.2, 0) is 24.7 Å². The van der Waals surface area contributed by atoms with Gasteiger partial charge in [0.1, 0.15) is 0 Å². The number of nitrogens with one attached hydrogen (secondary N) is 2. The van der Waals surface area contributed by atoms with Crippen LogP contribution >= 0.6 is 0 Å². The zero-order valence-electron chi connectivity index (χ0n) is 18.4. The molecule has 8 nitrogen and oxygen atoms in total. The molecule has 0 radical (unpaired) electrons. The van der Waals surface area contributed by atoms with E-state index in [0.29, 0.717) is 44.5 Å². The summed E-state index contributed by atoms with van der Waals surface area (Å²) in [4.78, 5) is 14.7. The lowest BCUT2D eigenvalue weighted by Crippen LogP contribution is -2.46. The van der Waals surface area contributed by atoms with E-state index in [9.17, 15) is 21.6 Å². The van der Waals surface area contributed by atoms with Gasteiger partial charge < -0.3 is 10.2 Å². The average Bonchev–Trinajstić information content (AvgIpc) is 2.68. The molecule has 1 amide bonds. The molecule has 174 valence electrons. The van der Waals surface area contributed by atoms with Gasteiger partial charge in [0.2, 0.25) is 15.9 Å². The van der Waals surface area contributed by atoms with Crippen molar-refractivity contribution in [3.05, 3.63) is 24.3 Å². The summed E-state index contributed by atoms with van der Waals surface area (Å²) < 4.78 is 49.7. The Kier molecular flexibility index (Phi) is 7.02. The lowest BCUT2D eigenvalue weighted by Gasteiger charge is -2.31. The van der Waals surface area contributed by atoms with E-state index in [1.807, 2.05) is 29.2 Å². The molecule has 0 unspecified atom stereocenters. The molecule has 2 fully saturated rings. The van der Waals surface area contributed by atoms with Gasteiger partial charge in [0.05, 0.1) is 16.3 Å². The molecule has 1 aromatic rings. The van der Waals surface area contributed by atoms with Crippen molar-refractivity contribution in [1.82, 2.24) is 4.72 Å². The summed E-state index contributed by atoms with van der Waals surface area (Å²) in [5.74, 6) is 0.150. The molecule has 1 aromatic carbocycles. The number of benzene rings is 1. The lowest BCUT2D eigenvalue weighted by atomic mass is 9.86. The first kappa shape index (κ1) is 24.0. The monoisotopic (exact) mass is 471 g/mol. The fourth-order valence-corrected chi connectivity index (χ4v) is 6.07. The standard InChI is InChI=1S/C21H33N3O5S2/c1-21(2,3)31(28,29)23-18-6-4-16(5-7-18)20(25)22-17-8-10-19(11-9-17)24-12-14-30(26,27)15-13-24/h8-11,16,18,23H,4-7,12-15H2,1-3H3,(H,22,25)/t16-,18-. The summed E-state index contributed by atoms with van der Waals surface area (Å²) in [5.41, 5.74) is 1.65. The third kappa shape index (κ3) is 6.20. The fourth-order valence-electron chi connectivity index (χ4n) is 3.84. The zero-order valence-corrected chi connectivity index (χ0v) is 20.1. The average molecular weight is 472 g/mol. The van der Waals surface area contributed by atoms with Crippen LogP contribution in [0, 0.1) is 5.92 Å². The van der Waals surface area contributed by atoms with Gasteiger partial charge in [0.15, 0.2) is 9.84 Å². The highest BCUT2D eigenvalue weighted by Gasteiger charge is 2.34. The quantitative estimate of drug-likeness (QED) is 0.680. The fraction of sp³-hybridized carbons (Fsp3) is 0.667. The Labute approximate surface area is 185 Å². The summed E-state index contributed by atoms with van der Waals surface area (Å²) in [6.07, 6.45) is 2.57. The summed E-state index contributed by atoms with van der Waals surface area (Å²) >= 11 is 0. The van der Waals surface area contributed by atoms with Crippen LogP contribution in [-0.4, -0.2) is 58.1 Å². The first-order chi connectivity index (χ1) is 14.4. The smallest absolute Gasteiger partial charge is 0.227 e. The van der Waals surface area contributed by atoms with Crippen molar-refractivity contribution in [1.29, 1.82) is 0 Å². The predicted molar refractivity (Wildman–Crippen MR) is 123 cm³/mol. The Bertz CT molecular complexity index is 976. The summed E-state index contributed by atoms with van der Waals surface area (Å²) in [7, 11) is -6.31. The van der Waals surface area contributed by atoms with Gasteiger partial charge in [-0.1, -0.05) is 0 Å². The minimum atomic E-state index is -3.39. The van der Waals surface area contributed by atoms with Gasteiger partial charge in [0.25, 0.3) is 0 Å². The Balaban J connectivity index is 1.49. The summed E-state index contributed by atoms with van der Waals surface area (Å²) in [6.45, 7) is 5.99. The molecule has 1 aliphatic carbocycles. The second-order valence-corrected chi connectivity index (χ2v) is 14.2. The minimum Gasteiger partial charge on any atom is -0.369 e. The molecule has 0 atom stereocenters. The molecule has 1 saturated heterocycles. The molecule has 0 spiro atoms. The van der Waals surface area contributed by atoms with E-state index >= 15 is 0 Å². The van der Waals surface area contributed by atoms with Crippen molar-refractivity contribution < 1.29 is 21.6 Å². The molecular weight excluding hydrogens is 438 g/mol. The normalized spacial score (nSPS) is 24.5. The molecule has 2 N–H and O–H groups in total. The maximum Gasteiger partial charge on any atom is 0.227 e. The van der Waals surface area contributed by atoms with Crippen molar-refractivity contribution in [2.24, 2.45) is 5.92 Å². The number of sulfonamides is 1. The SMILES string of the molecule is CC(C)(C)S(=O)(=O)N[C@H]1CC[C@H](C(=O)Nc2ccc(N3CCS(=O)(=O)CC3)cc2)CC1. The van der Waals surface area contributed by atoms with Crippen LogP contribution in [0.2, 0.25) is 0 Å². The Morgan fingerprint density at radius 1 is 1.00 bits per heavy atom. The number of amides is 1. The minimum absolute atomic E-state index is 0.0473. The van der Waals surface area contributed by atoms with Crippen LogP contribution in [0.25, 0.3) is 0 Å². The van der Waals surface area contributed by atoms with Crippen LogP contribution in [0.1, 0.15) is 46.5 Å². The molecule has 31 heavy (non-hydrogen) atoms. The van der Waals surface area contributed by atoms with Gasteiger partial charge in [-0.15, -0.1) is 0 Å². The first-order valence-electron chi connectivity index (χ1n) is 10.7. The Morgan fingerprint density at radius 3 is 2.06 bits per heavy atom. The number of sulfone groups is 1. The van der Waals surface area contributed by atoms with Crippen LogP contribution in [0.5, 0.6) is 0 Å². The topological polar surface area (TPSA) is 113 Å². The lowest BCUT2D eigenvalue weighted by molar-refractivity contribution is -0.120. The van der Waals surface area contributed by atoms with Crippen molar-refractivity contribution >= 4 is 37.1 Å². The number of hydrogen-bond donors (Lipinski definition) is 2. The molecule has 0 aromatic heterocycles. The molecule has 3 rings (SSSR count). The van der Waals surface area contributed by atoms with Crippen LogP contribution in [0.4, 0.5) is 11.4 Å². The van der Waals surface area contributed by atoms with Crippen LogP contribution < -0.4 is 14.9 Å². The highest BCUT2D eigenvalue weighted by molar-refractivity contribution is 7.91. The van der Waals surface area contributed by atoms with Gasteiger partial charge in [-0.2, -0.15) is 0 Å². The second kappa shape index (κ2) is 9.07. The molecule has 2 aliphatic rings. The third-order valence-corrected chi connectivity index (χ3v) is 9.94. The van der Waals surface area contributed by atoms with E-state index in [2.05, 4.69) is 10.0 Å². The number of anilines is 2. The van der Waals surface area contributed by atoms with E-state index in [-0.39, 0.29) is 29.4 Å². The Hall–Kier alpha value is -1.65. The number of nitrogens with zero attached hydrogens (tertiary/aromatic N) is 1. The molecule has 10 heteroatoms. The molecule has 1 aliphatic heterocycles. The number of rotatable bonds is 5. The largest absolute Gasteiger partial charge is 0.369 e. The van der Waals surface area contributed by atoms with E-state index in [1.165, 1.54) is 0 Å². The summed E-state index contributed by atoms with van der Waals surface area (Å²) in [6, 6.07) is 7.33. The highest BCUT2D eigenvalue weighted by atomic mass is 32.2.